The maximum Gasteiger partial charge on any atom is 1.00 e. The van der Waals surface area contributed by atoms with Crippen molar-refractivity contribution >= 4 is 24.1 Å². The number of carboxylic acids is 1. The summed E-state index contributed by atoms with van der Waals surface area (Å²) in [5.74, 6) is -2.53. The molecule has 0 saturated carbocycles. The molecule has 6 atom stereocenters. The molecule has 0 aliphatic carbocycles. The Hall–Kier alpha value is -2.08. The number of hydrogen-bond acceptors (Lipinski definition) is 11. The number of rotatable bonds is 2. The van der Waals surface area contributed by atoms with Gasteiger partial charge in [0.2, 0.25) is 0 Å². The van der Waals surface area contributed by atoms with E-state index in [0.29, 0.717) is 0 Å². The fourth-order valence-electron chi connectivity index (χ4n) is 3.79. The maximum atomic E-state index is 12.0. The van der Waals surface area contributed by atoms with Gasteiger partial charge in [0.15, 0.2) is 0 Å². The van der Waals surface area contributed by atoms with E-state index in [0.717, 1.165) is 12.0 Å². The van der Waals surface area contributed by atoms with Gasteiger partial charge in [0.1, 0.15) is 23.3 Å². The Morgan fingerprint density at radius 3 is 1.33 bits per heavy atom. The van der Waals surface area contributed by atoms with Crippen LogP contribution in [0.5, 0.6) is 0 Å². The Kier molecular flexibility index (Phi) is 17.9. The molecule has 14 nitrogen and oxygen atoms in total. The summed E-state index contributed by atoms with van der Waals surface area (Å²) < 4.78 is 15.0. The van der Waals surface area contributed by atoms with Crippen molar-refractivity contribution in [1.29, 1.82) is 0 Å². The Morgan fingerprint density at radius 1 is 0.744 bits per heavy atom. The van der Waals surface area contributed by atoms with Gasteiger partial charge in [-0.3, -0.25) is 9.80 Å². The molecule has 224 valence electrons. The summed E-state index contributed by atoms with van der Waals surface area (Å²) in [7, 11) is 2.26. The SMILES string of the molecule is CO.COC(=O)[C@@H]1[C@@H](C)[C@@H](O)CN1C(=O)OC(C)(C)C.C[C@@H]1[C@@H](C(=O)O)N(C(=O)OC(C)(C)C)C[C@@H]1O.[Li+].[OH-]. The average molecular weight is 561 g/mol. The van der Waals surface area contributed by atoms with E-state index in [4.69, 9.17) is 19.7 Å². The number of ether oxygens (including phenoxy) is 3. The van der Waals surface area contributed by atoms with Gasteiger partial charge in [0.25, 0.3) is 0 Å². The van der Waals surface area contributed by atoms with Crippen LogP contribution in [-0.2, 0) is 23.8 Å². The zero-order valence-electron chi connectivity index (χ0n) is 24.9. The number of likely N-dealkylation sites (tertiary alicyclic amines) is 2. The first-order valence-electron chi connectivity index (χ1n) is 11.9. The number of aliphatic hydroxyl groups excluding tert-OH is 3. The maximum absolute atomic E-state index is 12.0. The van der Waals surface area contributed by atoms with Crippen molar-refractivity contribution < 1.29 is 78.2 Å². The Labute approximate surface area is 242 Å². The predicted octanol–water partition coefficient (Wildman–Crippen LogP) is -2.10. The molecule has 0 radical (unpaired) electrons. The smallest absolute Gasteiger partial charge is 0.870 e. The van der Waals surface area contributed by atoms with E-state index in [2.05, 4.69) is 4.74 Å². The first kappa shape index (κ1) is 41.4. The number of carboxylic acid groups (broad SMARTS) is 1. The Morgan fingerprint density at radius 2 is 1.05 bits per heavy atom. The standard InChI is InChI=1S/C12H21NO5.C11H19NO5.CH4O.Li.H2O/c1-7-8(14)6-13(9(7)10(15)17-5)11(16)18-12(2,3)4;1-6-7(13)5-12(8(6)9(14)15)10(16)17-11(2,3)4;1-2;;/h7-9,14H,6H2,1-5H3;6-8,13H,5H2,1-4H3,(H,14,15);2H,1H3;;1H2/q;;;+1;/p-1/t7-,8-,9-;6-,7-,8-;;;/m00.../s1. The van der Waals surface area contributed by atoms with Crippen molar-refractivity contribution in [3.05, 3.63) is 0 Å². The van der Waals surface area contributed by atoms with Crippen LogP contribution in [0.1, 0.15) is 55.4 Å². The second-order valence-electron chi connectivity index (χ2n) is 10.9. The molecular weight excluding hydrogens is 515 g/mol. The van der Waals surface area contributed by atoms with Crippen molar-refractivity contribution in [2.24, 2.45) is 11.8 Å². The molecule has 2 fully saturated rings. The summed E-state index contributed by atoms with van der Waals surface area (Å²) in [6, 6.07) is -1.82. The quantitative estimate of drug-likeness (QED) is 0.162. The van der Waals surface area contributed by atoms with Gasteiger partial charge in [-0.25, -0.2) is 19.2 Å². The molecule has 5 N–H and O–H groups in total. The number of aliphatic hydroxyl groups is 3. The zero-order valence-corrected chi connectivity index (χ0v) is 24.9. The minimum atomic E-state index is -1.13. The fraction of sp³-hybridized carbons (Fsp3) is 0.833. The number of carbonyl (C=O) groups is 4. The molecule has 0 bridgehead atoms. The normalized spacial score (nSPS) is 25.9. The van der Waals surface area contributed by atoms with Gasteiger partial charge >= 0.3 is 43.0 Å². The van der Waals surface area contributed by atoms with Crippen molar-refractivity contribution in [1.82, 2.24) is 9.80 Å². The third kappa shape index (κ3) is 12.3. The van der Waals surface area contributed by atoms with Crippen LogP contribution in [0.15, 0.2) is 0 Å². The molecule has 2 saturated heterocycles. The van der Waals surface area contributed by atoms with E-state index in [9.17, 15) is 29.4 Å². The zero-order chi connectivity index (χ0) is 29.5. The van der Waals surface area contributed by atoms with E-state index in [-0.39, 0.29) is 43.3 Å². The molecule has 0 aromatic heterocycles. The fourth-order valence-corrected chi connectivity index (χ4v) is 3.79. The monoisotopic (exact) mass is 560 g/mol. The average Bonchev–Trinajstić information content (AvgIpc) is 3.23. The summed E-state index contributed by atoms with van der Waals surface area (Å²) in [4.78, 5) is 48.8. The van der Waals surface area contributed by atoms with E-state index < -0.39 is 65.5 Å². The molecule has 2 heterocycles. The molecular formula is C24H45LiN2O12. The molecule has 0 unspecified atom stereocenters. The van der Waals surface area contributed by atoms with Gasteiger partial charge in [-0.2, -0.15) is 0 Å². The molecule has 0 aromatic carbocycles. The van der Waals surface area contributed by atoms with Gasteiger partial charge in [-0.15, -0.1) is 0 Å². The van der Waals surface area contributed by atoms with Crippen LogP contribution in [-0.4, -0.2) is 123 Å². The minimum Gasteiger partial charge on any atom is -0.870 e. The first-order valence-corrected chi connectivity index (χ1v) is 11.9. The summed E-state index contributed by atoms with van der Waals surface area (Å²) in [6.07, 6.45) is -2.89. The van der Waals surface area contributed by atoms with Crippen LogP contribution < -0.4 is 18.9 Å². The van der Waals surface area contributed by atoms with Crippen molar-refractivity contribution in [3.8, 4) is 0 Å². The van der Waals surface area contributed by atoms with E-state index in [1.165, 1.54) is 12.0 Å². The van der Waals surface area contributed by atoms with Gasteiger partial charge in [-0.1, -0.05) is 13.8 Å². The van der Waals surface area contributed by atoms with Crippen LogP contribution in [0, 0.1) is 11.8 Å². The summed E-state index contributed by atoms with van der Waals surface area (Å²) in [5, 5.41) is 35.5. The number of β-amino-alcohol motifs (C(OH)–C–C–N with tert-alkyl or cyclic N) is 2. The summed E-state index contributed by atoms with van der Waals surface area (Å²) >= 11 is 0. The van der Waals surface area contributed by atoms with Crippen LogP contribution in [0.25, 0.3) is 0 Å². The molecule has 0 aromatic rings. The first-order chi connectivity index (χ1) is 16.8. The predicted molar refractivity (Wildman–Crippen MR) is 134 cm³/mol. The number of esters is 1. The van der Waals surface area contributed by atoms with Crippen molar-refractivity contribution in [3.63, 3.8) is 0 Å². The molecule has 0 spiro atoms. The van der Waals surface area contributed by atoms with Crippen LogP contribution in [0.2, 0.25) is 0 Å². The van der Waals surface area contributed by atoms with Gasteiger partial charge in [-0.05, 0) is 41.5 Å². The number of amides is 2. The molecule has 2 aliphatic rings. The Balaban J connectivity index is -0.000000596. The number of aliphatic carboxylic acids is 1. The molecule has 2 rings (SSSR count). The van der Waals surface area contributed by atoms with Crippen LogP contribution >= 0.6 is 0 Å². The molecule has 2 amide bonds. The third-order valence-electron chi connectivity index (χ3n) is 5.60. The number of hydrogen-bond donors (Lipinski definition) is 4. The molecule has 39 heavy (non-hydrogen) atoms. The van der Waals surface area contributed by atoms with Gasteiger partial charge in [0, 0.05) is 18.9 Å². The number of nitrogens with zero attached hydrogens (tertiary/aromatic N) is 2. The largest absolute Gasteiger partial charge is 1.00 e. The minimum absolute atomic E-state index is 0. The summed E-state index contributed by atoms with van der Waals surface area (Å²) in [6.45, 7) is 13.7. The molecule has 2 aliphatic heterocycles. The van der Waals surface area contributed by atoms with E-state index in [1.807, 2.05) is 0 Å². The van der Waals surface area contributed by atoms with E-state index in [1.54, 1.807) is 55.4 Å². The Bertz CT molecular complexity index is 799. The van der Waals surface area contributed by atoms with Gasteiger partial charge < -0.3 is 40.1 Å². The van der Waals surface area contributed by atoms with Crippen molar-refractivity contribution in [2.45, 2.75) is 90.9 Å². The third-order valence-corrected chi connectivity index (χ3v) is 5.60. The molecule has 15 heteroatoms. The summed E-state index contributed by atoms with van der Waals surface area (Å²) in [5.41, 5.74) is -1.33. The number of methoxy groups -OCH3 is 1. The number of carbonyl (C=O) groups excluding carboxylic acids is 3. The van der Waals surface area contributed by atoms with Crippen molar-refractivity contribution in [2.75, 3.05) is 27.3 Å². The van der Waals surface area contributed by atoms with Gasteiger partial charge in [0.05, 0.1) is 32.4 Å². The second kappa shape index (κ2) is 16.9. The van der Waals surface area contributed by atoms with Crippen LogP contribution in [0.3, 0.4) is 0 Å². The topological polar surface area (TPSA) is 213 Å². The second-order valence-corrected chi connectivity index (χ2v) is 10.9. The van der Waals surface area contributed by atoms with Crippen LogP contribution in [0.4, 0.5) is 9.59 Å². The van der Waals surface area contributed by atoms with E-state index >= 15 is 0 Å².